The number of alkyl halides is 3. The summed E-state index contributed by atoms with van der Waals surface area (Å²) in [6, 6.07) is 0. The van der Waals surface area contributed by atoms with Gasteiger partial charge in [-0.3, -0.25) is 0 Å². The van der Waals surface area contributed by atoms with E-state index in [1.165, 1.54) is 0 Å². The molecule has 1 saturated heterocycles. The first kappa shape index (κ1) is 8.80. The first-order valence-corrected chi connectivity index (χ1v) is 3.33. The van der Waals surface area contributed by atoms with Crippen LogP contribution in [0.1, 0.15) is 6.42 Å². The summed E-state index contributed by atoms with van der Waals surface area (Å²) in [4.78, 5) is 0. The minimum absolute atomic E-state index is 0.111. The van der Waals surface area contributed by atoms with Crippen molar-refractivity contribution in [3.8, 4) is 0 Å². The van der Waals surface area contributed by atoms with Crippen LogP contribution in [-0.4, -0.2) is 30.6 Å². The molecule has 1 heterocycles. The van der Waals surface area contributed by atoms with Gasteiger partial charge in [-0.2, -0.15) is 13.2 Å². The number of rotatable bonds is 1. The number of ether oxygens (including phenoxy) is 1. The van der Waals surface area contributed by atoms with Crippen molar-refractivity contribution in [2.45, 2.75) is 18.7 Å². The molecule has 66 valence electrons. The van der Waals surface area contributed by atoms with Crippen LogP contribution in [0.5, 0.6) is 0 Å². The van der Waals surface area contributed by atoms with Gasteiger partial charge in [0.1, 0.15) is 0 Å². The molecule has 1 rings (SSSR count). The lowest BCUT2D eigenvalue weighted by atomic mass is 10.1. The van der Waals surface area contributed by atoms with E-state index in [2.05, 4.69) is 4.74 Å². The lowest BCUT2D eigenvalue weighted by molar-refractivity contribution is -0.173. The Labute approximate surface area is 62.0 Å². The van der Waals surface area contributed by atoms with Gasteiger partial charge in [-0.25, -0.2) is 0 Å². The van der Waals surface area contributed by atoms with E-state index in [4.69, 9.17) is 5.11 Å². The van der Waals surface area contributed by atoms with E-state index in [0.29, 0.717) is 0 Å². The van der Waals surface area contributed by atoms with Crippen molar-refractivity contribution in [2.24, 2.45) is 5.92 Å². The van der Waals surface area contributed by atoms with Crippen LogP contribution in [0.2, 0.25) is 0 Å². The van der Waals surface area contributed by atoms with Gasteiger partial charge in [0.25, 0.3) is 0 Å². The van der Waals surface area contributed by atoms with Gasteiger partial charge in [0.05, 0.1) is 25.2 Å². The van der Waals surface area contributed by atoms with Gasteiger partial charge >= 0.3 is 6.18 Å². The lowest BCUT2D eigenvalue weighted by Crippen LogP contribution is -2.23. The second kappa shape index (κ2) is 2.98. The summed E-state index contributed by atoms with van der Waals surface area (Å²) in [7, 11) is 0. The molecular formula is C6H9F3O2. The van der Waals surface area contributed by atoms with Crippen molar-refractivity contribution in [1.29, 1.82) is 0 Å². The molecule has 0 radical (unpaired) electrons. The highest BCUT2D eigenvalue weighted by molar-refractivity contribution is 4.77. The van der Waals surface area contributed by atoms with Gasteiger partial charge in [-0.1, -0.05) is 0 Å². The number of hydrogen-bond acceptors (Lipinski definition) is 2. The van der Waals surface area contributed by atoms with E-state index < -0.39 is 18.2 Å². The highest BCUT2D eigenvalue weighted by atomic mass is 19.4. The number of halogens is 3. The summed E-state index contributed by atoms with van der Waals surface area (Å²) in [5, 5.41) is 8.46. The van der Waals surface area contributed by atoms with Crippen LogP contribution < -0.4 is 0 Å². The Morgan fingerprint density at radius 3 is 2.36 bits per heavy atom. The first-order valence-electron chi connectivity index (χ1n) is 3.33. The molecule has 1 N–H and O–H groups in total. The fraction of sp³-hybridized carbons (Fsp3) is 1.00. The predicted octanol–water partition coefficient (Wildman–Crippen LogP) is 0.946. The third-order valence-electron chi connectivity index (χ3n) is 1.75. The molecular weight excluding hydrogens is 161 g/mol. The summed E-state index contributed by atoms with van der Waals surface area (Å²) in [6.45, 7) is -0.638. The second-order valence-corrected chi connectivity index (χ2v) is 2.61. The highest BCUT2D eigenvalue weighted by Gasteiger charge is 2.44. The lowest BCUT2D eigenvalue weighted by Gasteiger charge is -2.11. The van der Waals surface area contributed by atoms with Gasteiger partial charge in [0.15, 0.2) is 0 Å². The molecule has 2 atom stereocenters. The zero-order valence-electron chi connectivity index (χ0n) is 5.77. The number of aliphatic hydroxyl groups is 1. The van der Waals surface area contributed by atoms with Crippen LogP contribution >= 0.6 is 0 Å². The average Bonchev–Trinajstić information content (AvgIpc) is 2.32. The molecule has 0 amide bonds. The van der Waals surface area contributed by atoms with Gasteiger partial charge in [0, 0.05) is 0 Å². The molecule has 11 heavy (non-hydrogen) atoms. The zero-order valence-corrected chi connectivity index (χ0v) is 5.77. The Morgan fingerprint density at radius 1 is 1.45 bits per heavy atom. The van der Waals surface area contributed by atoms with Crippen molar-refractivity contribution >= 4 is 0 Å². The standard InChI is InChI=1S/C6H9F3O2/c7-6(8,9)4-1-5(2-10)11-3-4/h4-5,10H,1-3H2/t4-,5+/m1/s1. The van der Waals surface area contributed by atoms with Crippen molar-refractivity contribution in [1.82, 2.24) is 0 Å². The molecule has 2 nitrogen and oxygen atoms in total. The van der Waals surface area contributed by atoms with Gasteiger partial charge in [0.2, 0.25) is 0 Å². The number of aliphatic hydroxyl groups excluding tert-OH is 1. The molecule has 0 aromatic carbocycles. The minimum atomic E-state index is -4.18. The van der Waals surface area contributed by atoms with Crippen LogP contribution in [-0.2, 0) is 4.74 Å². The second-order valence-electron chi connectivity index (χ2n) is 2.61. The molecule has 1 aliphatic heterocycles. The fourth-order valence-corrected chi connectivity index (χ4v) is 1.06. The van der Waals surface area contributed by atoms with Gasteiger partial charge in [-0.05, 0) is 6.42 Å². The van der Waals surface area contributed by atoms with Crippen LogP contribution in [0.15, 0.2) is 0 Å². The van der Waals surface area contributed by atoms with E-state index in [9.17, 15) is 13.2 Å². The Kier molecular flexibility index (Phi) is 2.39. The zero-order chi connectivity index (χ0) is 8.48. The molecule has 1 fully saturated rings. The topological polar surface area (TPSA) is 29.5 Å². The smallest absolute Gasteiger partial charge is 0.394 e. The SMILES string of the molecule is OC[C@@H]1C[C@@H](C(F)(F)F)CO1. The van der Waals surface area contributed by atoms with Crippen molar-refractivity contribution in [3.05, 3.63) is 0 Å². The third kappa shape index (κ3) is 2.07. The average molecular weight is 170 g/mol. The molecule has 0 bridgehead atoms. The number of hydrogen-bond donors (Lipinski definition) is 1. The van der Waals surface area contributed by atoms with Gasteiger partial charge in [-0.15, -0.1) is 0 Å². The molecule has 0 unspecified atom stereocenters. The summed E-state index contributed by atoms with van der Waals surface area (Å²) >= 11 is 0. The van der Waals surface area contributed by atoms with Crippen LogP contribution in [0.4, 0.5) is 13.2 Å². The molecule has 1 aliphatic rings. The normalized spacial score (nSPS) is 32.7. The third-order valence-corrected chi connectivity index (χ3v) is 1.75. The Morgan fingerprint density at radius 2 is 2.09 bits per heavy atom. The van der Waals surface area contributed by atoms with E-state index in [-0.39, 0.29) is 19.6 Å². The van der Waals surface area contributed by atoms with Crippen LogP contribution in [0.3, 0.4) is 0 Å². The Balaban J connectivity index is 2.42. The van der Waals surface area contributed by atoms with Gasteiger partial charge < -0.3 is 9.84 Å². The molecule has 0 spiro atoms. The summed E-state index contributed by atoms with van der Waals surface area (Å²) < 4.78 is 40.4. The fourth-order valence-electron chi connectivity index (χ4n) is 1.06. The maximum atomic E-state index is 11.9. The summed E-state index contributed by atoms with van der Waals surface area (Å²) in [5.41, 5.74) is 0. The first-order chi connectivity index (χ1) is 5.04. The Bertz CT molecular complexity index is 134. The van der Waals surface area contributed by atoms with E-state index in [1.54, 1.807) is 0 Å². The molecule has 0 saturated carbocycles. The monoisotopic (exact) mass is 170 g/mol. The molecule has 0 aromatic rings. The van der Waals surface area contributed by atoms with Crippen molar-refractivity contribution in [2.75, 3.05) is 13.2 Å². The molecule has 5 heteroatoms. The largest absolute Gasteiger partial charge is 0.394 e. The Hall–Kier alpha value is -0.290. The maximum absolute atomic E-state index is 11.9. The quantitative estimate of drug-likeness (QED) is 0.634. The molecule has 0 aliphatic carbocycles. The summed E-state index contributed by atoms with van der Waals surface area (Å²) in [6.07, 6.45) is -4.91. The molecule has 0 aromatic heterocycles. The van der Waals surface area contributed by atoms with Crippen molar-refractivity contribution in [3.63, 3.8) is 0 Å². The predicted molar refractivity (Wildman–Crippen MR) is 31.0 cm³/mol. The van der Waals surface area contributed by atoms with E-state index in [1.807, 2.05) is 0 Å². The van der Waals surface area contributed by atoms with Crippen LogP contribution in [0.25, 0.3) is 0 Å². The van der Waals surface area contributed by atoms with E-state index >= 15 is 0 Å². The van der Waals surface area contributed by atoms with Crippen molar-refractivity contribution < 1.29 is 23.0 Å². The van der Waals surface area contributed by atoms with Crippen LogP contribution in [0, 0.1) is 5.92 Å². The highest BCUT2D eigenvalue weighted by Crippen LogP contribution is 2.34. The van der Waals surface area contributed by atoms with E-state index in [0.717, 1.165) is 0 Å². The maximum Gasteiger partial charge on any atom is 0.394 e. The minimum Gasteiger partial charge on any atom is -0.394 e. The summed E-state index contributed by atoms with van der Waals surface area (Å²) in [5.74, 6) is -1.39.